The molecule has 0 spiro atoms. The number of aliphatic hydroxyl groups excluding tert-OH is 1. The summed E-state index contributed by atoms with van der Waals surface area (Å²) in [5, 5.41) is 22.3. The molecule has 1 aliphatic rings. The van der Waals surface area contributed by atoms with Crippen LogP contribution < -0.4 is 4.43 Å². The molecule has 0 amide bonds. The summed E-state index contributed by atoms with van der Waals surface area (Å²) in [7, 11) is -0.341. The highest BCUT2D eigenvalue weighted by Crippen LogP contribution is 2.43. The number of aryl methyl sites for hydroxylation is 1. The molecule has 1 saturated heterocycles. The van der Waals surface area contributed by atoms with Crippen LogP contribution in [0.25, 0.3) is 0 Å². The Labute approximate surface area is 225 Å². The van der Waals surface area contributed by atoms with Crippen molar-refractivity contribution in [3.05, 3.63) is 64.7 Å². The summed E-state index contributed by atoms with van der Waals surface area (Å²) in [5.74, 6) is 0.957. The minimum absolute atomic E-state index is 0.512. The Balaban J connectivity index is 1.63. The summed E-state index contributed by atoms with van der Waals surface area (Å²) in [6.45, 7) is 18.5. The standard InChI is InChI=1S/C31H49NO4Si/c1-22(2)37(23(3)4,24(5)6)36-30-14-11-27(19-25(30)7)29(33)20-32-17-15-31(34,16-18-32)28-12-9-26(10-13-28)21-35-8/h9-14,19,22-24,29,33-34H,15-18,20-21H2,1-8H3. The van der Waals surface area contributed by atoms with Crippen molar-refractivity contribution in [1.29, 1.82) is 0 Å². The zero-order chi connectivity index (χ0) is 27.4. The normalized spacial score (nSPS) is 17.5. The molecule has 1 atom stereocenters. The number of likely N-dealkylation sites (tertiary alicyclic amines) is 1. The number of rotatable bonds is 11. The topological polar surface area (TPSA) is 62.2 Å². The van der Waals surface area contributed by atoms with E-state index in [1.165, 1.54) is 0 Å². The first kappa shape index (κ1) is 29.8. The predicted molar refractivity (Wildman–Crippen MR) is 155 cm³/mol. The van der Waals surface area contributed by atoms with Gasteiger partial charge >= 0.3 is 0 Å². The van der Waals surface area contributed by atoms with E-state index in [1.807, 2.05) is 30.3 Å². The Morgan fingerprint density at radius 3 is 1.97 bits per heavy atom. The molecule has 1 heterocycles. The molecule has 0 aromatic heterocycles. The number of piperidine rings is 1. The minimum atomic E-state index is -2.03. The van der Waals surface area contributed by atoms with Crippen molar-refractivity contribution in [2.45, 2.75) is 96.2 Å². The van der Waals surface area contributed by atoms with Crippen LogP contribution in [0.2, 0.25) is 16.6 Å². The van der Waals surface area contributed by atoms with E-state index in [4.69, 9.17) is 9.16 Å². The van der Waals surface area contributed by atoms with E-state index < -0.39 is 20.0 Å². The van der Waals surface area contributed by atoms with Gasteiger partial charge < -0.3 is 24.3 Å². The number of β-amino-alcohol motifs (C(OH)–C–C–N with tert-alkyl or cyclic N) is 1. The van der Waals surface area contributed by atoms with E-state index >= 15 is 0 Å². The molecule has 2 aromatic carbocycles. The first-order valence-corrected chi connectivity index (χ1v) is 16.1. The molecule has 0 bridgehead atoms. The number of benzene rings is 2. The van der Waals surface area contributed by atoms with E-state index in [9.17, 15) is 10.2 Å². The highest BCUT2D eigenvalue weighted by atomic mass is 28.4. The molecule has 1 unspecified atom stereocenters. The van der Waals surface area contributed by atoms with Gasteiger partial charge in [-0.1, -0.05) is 71.9 Å². The molecule has 5 nitrogen and oxygen atoms in total. The quantitative estimate of drug-likeness (QED) is 0.318. The molecule has 1 aliphatic heterocycles. The summed E-state index contributed by atoms with van der Waals surface area (Å²) in [6.07, 6.45) is 0.734. The zero-order valence-corrected chi connectivity index (χ0v) is 25.3. The van der Waals surface area contributed by atoms with Crippen molar-refractivity contribution in [2.75, 3.05) is 26.7 Å². The minimum Gasteiger partial charge on any atom is -0.543 e. The van der Waals surface area contributed by atoms with Gasteiger partial charge in [-0.15, -0.1) is 0 Å². The predicted octanol–water partition coefficient (Wildman–Crippen LogP) is 6.71. The second-order valence-electron chi connectivity index (χ2n) is 11.9. The van der Waals surface area contributed by atoms with Crippen LogP contribution in [-0.2, 0) is 16.9 Å². The number of aliphatic hydroxyl groups is 2. The maximum absolute atomic E-state index is 11.3. The third kappa shape index (κ3) is 6.66. The van der Waals surface area contributed by atoms with Crippen molar-refractivity contribution in [2.24, 2.45) is 0 Å². The molecule has 0 aliphatic carbocycles. The van der Waals surface area contributed by atoms with Crippen molar-refractivity contribution >= 4 is 8.32 Å². The first-order chi connectivity index (χ1) is 17.4. The van der Waals surface area contributed by atoms with Crippen LogP contribution in [-0.4, -0.2) is 50.2 Å². The van der Waals surface area contributed by atoms with Crippen LogP contribution in [0, 0.1) is 6.92 Å². The van der Waals surface area contributed by atoms with E-state index in [1.54, 1.807) is 7.11 Å². The maximum atomic E-state index is 11.3. The molecular formula is C31H49NO4Si. The van der Waals surface area contributed by atoms with Gasteiger partial charge in [-0.25, -0.2) is 0 Å². The third-order valence-corrected chi connectivity index (χ3v) is 14.5. The molecule has 6 heteroatoms. The third-order valence-electron chi connectivity index (χ3n) is 8.49. The highest BCUT2D eigenvalue weighted by molar-refractivity contribution is 6.78. The summed E-state index contributed by atoms with van der Waals surface area (Å²) in [5.41, 5.74) is 4.79. The average Bonchev–Trinajstić information content (AvgIpc) is 2.84. The Morgan fingerprint density at radius 2 is 1.49 bits per heavy atom. The summed E-state index contributed by atoms with van der Waals surface area (Å²) >= 11 is 0. The molecule has 206 valence electrons. The fourth-order valence-electron chi connectivity index (χ4n) is 6.36. The van der Waals surface area contributed by atoms with E-state index in [-0.39, 0.29) is 0 Å². The summed E-state index contributed by atoms with van der Waals surface area (Å²) in [4.78, 5) is 2.26. The van der Waals surface area contributed by atoms with Crippen molar-refractivity contribution in [1.82, 2.24) is 4.90 Å². The monoisotopic (exact) mass is 527 g/mol. The van der Waals surface area contributed by atoms with E-state index in [0.29, 0.717) is 42.6 Å². The van der Waals surface area contributed by atoms with Gasteiger partial charge in [0.2, 0.25) is 0 Å². The van der Waals surface area contributed by atoms with Crippen molar-refractivity contribution in [3.63, 3.8) is 0 Å². The van der Waals surface area contributed by atoms with Gasteiger partial charge in [0.25, 0.3) is 8.32 Å². The Morgan fingerprint density at radius 1 is 0.919 bits per heavy atom. The van der Waals surface area contributed by atoms with Gasteiger partial charge in [0.05, 0.1) is 18.3 Å². The number of hydrogen-bond acceptors (Lipinski definition) is 5. The molecule has 0 radical (unpaired) electrons. The molecule has 1 fully saturated rings. The number of ether oxygens (including phenoxy) is 1. The van der Waals surface area contributed by atoms with Crippen LogP contribution >= 0.6 is 0 Å². The lowest BCUT2D eigenvalue weighted by Gasteiger charge is -2.42. The first-order valence-electron chi connectivity index (χ1n) is 13.9. The second kappa shape index (κ2) is 12.4. The van der Waals surface area contributed by atoms with Crippen molar-refractivity contribution < 1.29 is 19.4 Å². The molecule has 37 heavy (non-hydrogen) atoms. The Hall–Kier alpha value is -1.70. The SMILES string of the molecule is COCc1ccc(C2(O)CCN(CC(O)c3ccc(O[Si](C(C)C)(C(C)C)C(C)C)c(C)c3)CC2)cc1. The van der Waals surface area contributed by atoms with Gasteiger partial charge in [0.1, 0.15) is 5.75 Å². The van der Waals surface area contributed by atoms with E-state index in [0.717, 1.165) is 41.1 Å². The summed E-state index contributed by atoms with van der Waals surface area (Å²) < 4.78 is 12.1. The van der Waals surface area contributed by atoms with Gasteiger partial charge in [0.15, 0.2) is 0 Å². The van der Waals surface area contributed by atoms with Crippen LogP contribution in [0.4, 0.5) is 0 Å². The molecular weight excluding hydrogens is 478 g/mol. The van der Waals surface area contributed by atoms with Gasteiger partial charge in [-0.2, -0.15) is 0 Å². The van der Waals surface area contributed by atoms with Crippen LogP contribution in [0.5, 0.6) is 5.75 Å². The van der Waals surface area contributed by atoms with Gasteiger partial charge in [-0.05, 0) is 70.8 Å². The van der Waals surface area contributed by atoms with E-state index in [2.05, 4.69) is 65.5 Å². The lowest BCUT2D eigenvalue weighted by molar-refractivity contribution is -0.0345. The van der Waals surface area contributed by atoms with Crippen LogP contribution in [0.3, 0.4) is 0 Å². The number of methoxy groups -OCH3 is 1. The molecule has 3 rings (SSSR count). The van der Waals surface area contributed by atoms with Crippen molar-refractivity contribution in [3.8, 4) is 5.75 Å². The smallest absolute Gasteiger partial charge is 0.258 e. The Kier molecular flexibility index (Phi) is 10.0. The molecule has 2 aromatic rings. The highest BCUT2D eigenvalue weighted by Gasteiger charge is 2.47. The number of hydrogen-bond donors (Lipinski definition) is 2. The van der Waals surface area contributed by atoms with Gasteiger partial charge in [0, 0.05) is 26.7 Å². The summed E-state index contributed by atoms with van der Waals surface area (Å²) in [6, 6.07) is 14.3. The lowest BCUT2D eigenvalue weighted by Crippen LogP contribution is -2.50. The second-order valence-corrected chi connectivity index (χ2v) is 17.3. The maximum Gasteiger partial charge on any atom is 0.258 e. The molecule has 0 saturated carbocycles. The number of nitrogens with zero attached hydrogens (tertiary/aromatic N) is 1. The fraction of sp³-hybridized carbons (Fsp3) is 0.613. The molecule has 2 N–H and O–H groups in total. The largest absolute Gasteiger partial charge is 0.543 e. The Bertz CT molecular complexity index is 975. The average molecular weight is 528 g/mol. The fourth-order valence-corrected chi connectivity index (χ4v) is 11.7. The van der Waals surface area contributed by atoms with Crippen LogP contribution in [0.15, 0.2) is 42.5 Å². The van der Waals surface area contributed by atoms with Crippen LogP contribution in [0.1, 0.15) is 82.7 Å². The zero-order valence-electron chi connectivity index (χ0n) is 24.3. The van der Waals surface area contributed by atoms with Gasteiger partial charge in [-0.3, -0.25) is 0 Å². The lowest BCUT2D eigenvalue weighted by atomic mass is 9.84.